The number of nitrogens with one attached hydrogen (secondary N) is 1. The maximum absolute atomic E-state index is 13.2. The minimum Gasteiger partial charge on any atom is -0.271 e. The second-order valence-electron chi connectivity index (χ2n) is 5.64. The van der Waals surface area contributed by atoms with E-state index in [9.17, 15) is 8.78 Å². The van der Waals surface area contributed by atoms with Crippen molar-refractivity contribution in [3.05, 3.63) is 16.4 Å². The molecule has 0 radical (unpaired) electrons. The van der Waals surface area contributed by atoms with Crippen molar-refractivity contribution in [1.82, 2.24) is 15.2 Å². The number of rotatable bonds is 4. The van der Waals surface area contributed by atoms with Gasteiger partial charge in [0.1, 0.15) is 0 Å². The molecule has 1 aliphatic rings. The summed E-state index contributed by atoms with van der Waals surface area (Å²) in [5.74, 6) is 3.24. The van der Waals surface area contributed by atoms with Gasteiger partial charge in [0.2, 0.25) is 5.92 Å². The number of nitrogens with zero attached hydrogens (tertiary/aromatic N) is 2. The Morgan fingerprint density at radius 1 is 1.50 bits per heavy atom. The Kier molecular flexibility index (Phi) is 4.66. The minimum atomic E-state index is -2.52. The van der Waals surface area contributed by atoms with E-state index in [0.717, 1.165) is 11.4 Å². The molecule has 3 N–H and O–H groups in total. The third-order valence-corrected chi connectivity index (χ3v) is 4.71. The maximum Gasteiger partial charge on any atom is 0.248 e. The van der Waals surface area contributed by atoms with Crippen LogP contribution in [0.1, 0.15) is 37.1 Å². The average molecular weight is 307 g/mol. The standard InChI is InChI=1S/C13H21ClF2N4/c1-8-12(14)11(20(2)19-8)7-10(18-17)9-3-5-13(15,16)6-4-9/h9-10,18H,3-7,17H2,1-2H3. The quantitative estimate of drug-likeness (QED) is 0.664. The summed E-state index contributed by atoms with van der Waals surface area (Å²) in [6, 6.07) is -0.0570. The molecule has 0 saturated heterocycles. The topological polar surface area (TPSA) is 55.9 Å². The number of nitrogens with two attached hydrogens (primary N) is 1. The van der Waals surface area contributed by atoms with E-state index in [4.69, 9.17) is 17.4 Å². The number of hydrazine groups is 1. The van der Waals surface area contributed by atoms with Gasteiger partial charge < -0.3 is 0 Å². The number of hydrogen-bond donors (Lipinski definition) is 2. The zero-order valence-electron chi connectivity index (χ0n) is 11.8. The van der Waals surface area contributed by atoms with Gasteiger partial charge in [-0.2, -0.15) is 5.10 Å². The first kappa shape index (κ1) is 15.7. The monoisotopic (exact) mass is 306 g/mol. The molecule has 0 spiro atoms. The van der Waals surface area contributed by atoms with Crippen molar-refractivity contribution in [2.24, 2.45) is 18.8 Å². The highest BCUT2D eigenvalue weighted by Gasteiger charge is 2.37. The van der Waals surface area contributed by atoms with Crippen LogP contribution in [0.2, 0.25) is 5.02 Å². The van der Waals surface area contributed by atoms with Crippen LogP contribution in [0, 0.1) is 12.8 Å². The molecular formula is C13H21ClF2N4. The first-order chi connectivity index (χ1) is 9.34. The summed E-state index contributed by atoms with van der Waals surface area (Å²) in [6.45, 7) is 1.85. The molecule has 7 heteroatoms. The maximum atomic E-state index is 13.2. The predicted molar refractivity (Wildman–Crippen MR) is 74.7 cm³/mol. The third kappa shape index (κ3) is 3.30. The number of hydrogen-bond acceptors (Lipinski definition) is 3. The highest BCUT2D eigenvalue weighted by Crippen LogP contribution is 2.38. The van der Waals surface area contributed by atoms with Crippen LogP contribution in [0.5, 0.6) is 0 Å². The Bertz CT molecular complexity index is 465. The molecule has 1 aromatic rings. The highest BCUT2D eigenvalue weighted by molar-refractivity contribution is 6.31. The molecule has 1 aromatic heterocycles. The van der Waals surface area contributed by atoms with E-state index in [1.54, 1.807) is 4.68 Å². The lowest BCUT2D eigenvalue weighted by Gasteiger charge is -2.33. The van der Waals surface area contributed by atoms with Gasteiger partial charge in [-0.1, -0.05) is 11.6 Å². The van der Waals surface area contributed by atoms with Gasteiger partial charge in [0.25, 0.3) is 0 Å². The summed E-state index contributed by atoms with van der Waals surface area (Å²) in [5, 5.41) is 4.90. The molecule has 1 aliphatic carbocycles. The van der Waals surface area contributed by atoms with Crippen molar-refractivity contribution in [3.63, 3.8) is 0 Å². The van der Waals surface area contributed by atoms with Crippen LogP contribution in [0.3, 0.4) is 0 Å². The van der Waals surface area contributed by atoms with E-state index < -0.39 is 5.92 Å². The highest BCUT2D eigenvalue weighted by atomic mass is 35.5. The van der Waals surface area contributed by atoms with Gasteiger partial charge in [-0.25, -0.2) is 8.78 Å². The lowest BCUT2D eigenvalue weighted by molar-refractivity contribution is -0.0496. The molecule has 0 bridgehead atoms. The van der Waals surface area contributed by atoms with Crippen LogP contribution in [0.15, 0.2) is 0 Å². The van der Waals surface area contributed by atoms with Crippen molar-refractivity contribution in [2.45, 2.75) is 51.0 Å². The van der Waals surface area contributed by atoms with Crippen molar-refractivity contribution in [2.75, 3.05) is 0 Å². The van der Waals surface area contributed by atoms with Gasteiger partial charge in [0, 0.05) is 32.4 Å². The predicted octanol–water partition coefficient (Wildman–Crippen LogP) is 2.58. The van der Waals surface area contributed by atoms with Crippen molar-refractivity contribution < 1.29 is 8.78 Å². The van der Waals surface area contributed by atoms with Gasteiger partial charge >= 0.3 is 0 Å². The lowest BCUT2D eigenvalue weighted by Crippen LogP contribution is -2.45. The second kappa shape index (κ2) is 5.95. The summed E-state index contributed by atoms with van der Waals surface area (Å²) < 4.78 is 28.2. The summed E-state index contributed by atoms with van der Waals surface area (Å²) >= 11 is 6.23. The van der Waals surface area contributed by atoms with E-state index >= 15 is 0 Å². The number of halogens is 3. The van der Waals surface area contributed by atoms with E-state index in [1.165, 1.54) is 0 Å². The molecule has 2 rings (SSSR count). The normalized spacial score (nSPS) is 21.1. The third-order valence-electron chi connectivity index (χ3n) is 4.22. The van der Waals surface area contributed by atoms with Crippen LogP contribution in [-0.2, 0) is 13.5 Å². The van der Waals surface area contributed by atoms with Crippen molar-refractivity contribution >= 4 is 11.6 Å². The molecule has 1 fully saturated rings. The van der Waals surface area contributed by atoms with Gasteiger partial charge in [0.05, 0.1) is 16.4 Å². The molecule has 114 valence electrons. The van der Waals surface area contributed by atoms with Crippen LogP contribution < -0.4 is 11.3 Å². The zero-order chi connectivity index (χ0) is 14.9. The molecule has 20 heavy (non-hydrogen) atoms. The number of aromatic nitrogens is 2. The SMILES string of the molecule is Cc1nn(C)c(CC(NN)C2CCC(F)(F)CC2)c1Cl. The van der Waals surface area contributed by atoms with E-state index in [2.05, 4.69) is 10.5 Å². The van der Waals surface area contributed by atoms with Gasteiger partial charge in [-0.3, -0.25) is 16.0 Å². The molecule has 1 unspecified atom stereocenters. The largest absolute Gasteiger partial charge is 0.271 e. The molecule has 1 atom stereocenters. The lowest BCUT2D eigenvalue weighted by atomic mass is 9.81. The zero-order valence-corrected chi connectivity index (χ0v) is 12.6. The van der Waals surface area contributed by atoms with Gasteiger partial charge in [-0.15, -0.1) is 0 Å². The molecule has 0 aromatic carbocycles. The van der Waals surface area contributed by atoms with Crippen molar-refractivity contribution in [3.8, 4) is 0 Å². The van der Waals surface area contributed by atoms with Crippen LogP contribution in [0.25, 0.3) is 0 Å². The fourth-order valence-electron chi connectivity index (χ4n) is 2.94. The summed E-state index contributed by atoms with van der Waals surface area (Å²) in [5.41, 5.74) is 4.43. The number of aryl methyl sites for hydroxylation is 2. The van der Waals surface area contributed by atoms with Crippen molar-refractivity contribution in [1.29, 1.82) is 0 Å². The average Bonchev–Trinajstić information content (AvgIpc) is 2.62. The molecule has 1 heterocycles. The first-order valence-electron chi connectivity index (χ1n) is 6.86. The molecule has 1 saturated carbocycles. The Hall–Kier alpha value is -0.720. The summed E-state index contributed by atoms with van der Waals surface area (Å²) in [7, 11) is 1.83. The van der Waals surface area contributed by atoms with Gasteiger partial charge in [-0.05, 0) is 25.7 Å². The minimum absolute atomic E-state index is 0.0570. The molecule has 0 amide bonds. The molecule has 4 nitrogen and oxygen atoms in total. The molecule has 0 aliphatic heterocycles. The Morgan fingerprint density at radius 3 is 2.55 bits per heavy atom. The van der Waals surface area contributed by atoms with Crippen LogP contribution in [0.4, 0.5) is 8.78 Å². The fraction of sp³-hybridized carbons (Fsp3) is 0.769. The Labute approximate surface area is 122 Å². The summed E-state index contributed by atoms with van der Waals surface area (Å²) in [4.78, 5) is 0. The Morgan fingerprint density at radius 2 is 2.10 bits per heavy atom. The van der Waals surface area contributed by atoms with Gasteiger partial charge in [0.15, 0.2) is 0 Å². The van der Waals surface area contributed by atoms with Crippen LogP contribution >= 0.6 is 11.6 Å². The summed E-state index contributed by atoms with van der Waals surface area (Å²) in [6.07, 6.45) is 1.44. The van der Waals surface area contributed by atoms with E-state index in [-0.39, 0.29) is 24.8 Å². The van der Waals surface area contributed by atoms with E-state index in [1.807, 2.05) is 14.0 Å². The van der Waals surface area contributed by atoms with Crippen LogP contribution in [-0.4, -0.2) is 21.7 Å². The van der Waals surface area contributed by atoms with E-state index in [0.29, 0.717) is 24.3 Å². The smallest absolute Gasteiger partial charge is 0.248 e. The molecular weight excluding hydrogens is 286 g/mol. The number of alkyl halides is 2. The second-order valence-corrected chi connectivity index (χ2v) is 6.02. The Balaban J connectivity index is 2.06. The first-order valence-corrected chi connectivity index (χ1v) is 7.24. The fourth-order valence-corrected chi connectivity index (χ4v) is 3.17.